The molecule has 3 rings (SSSR count). The first kappa shape index (κ1) is 17.7. The second-order valence-corrected chi connectivity index (χ2v) is 7.16. The van der Waals surface area contributed by atoms with Crippen molar-refractivity contribution in [1.29, 1.82) is 0 Å². The van der Waals surface area contributed by atoms with Gasteiger partial charge in [0.15, 0.2) is 16.3 Å². The number of hydrogen-bond acceptors (Lipinski definition) is 4. The van der Waals surface area contributed by atoms with E-state index in [0.29, 0.717) is 28.4 Å². The molecule has 0 fully saturated rings. The van der Waals surface area contributed by atoms with Crippen molar-refractivity contribution >= 4 is 43.4 Å². The number of methoxy groups -OCH3 is 2. The van der Waals surface area contributed by atoms with Crippen molar-refractivity contribution in [2.75, 3.05) is 14.2 Å². The molecule has 1 heterocycles. The molecule has 0 unspecified atom stereocenters. The summed E-state index contributed by atoms with van der Waals surface area (Å²) in [6, 6.07) is 11.0. The summed E-state index contributed by atoms with van der Waals surface area (Å²) in [4.78, 5) is 17.5. The van der Waals surface area contributed by atoms with Gasteiger partial charge in [0, 0.05) is 28.7 Å². The molecule has 1 aromatic heterocycles. The predicted molar refractivity (Wildman–Crippen MR) is 103 cm³/mol. The zero-order chi connectivity index (χ0) is 18.0. The number of aryl methyl sites for hydroxylation is 1. The summed E-state index contributed by atoms with van der Waals surface area (Å²) in [7, 11) is 3.21. The monoisotopic (exact) mass is 420 g/mol. The van der Waals surface area contributed by atoms with Crippen molar-refractivity contribution in [2.24, 2.45) is 4.99 Å². The number of carbonyl (C=O) groups is 1. The molecule has 3 aromatic rings. The highest BCUT2D eigenvalue weighted by Crippen LogP contribution is 2.33. The first-order valence-electron chi connectivity index (χ1n) is 7.67. The quantitative estimate of drug-likeness (QED) is 0.633. The Labute approximate surface area is 157 Å². The average molecular weight is 421 g/mol. The molecular weight excluding hydrogens is 404 g/mol. The Morgan fingerprint density at radius 2 is 1.92 bits per heavy atom. The van der Waals surface area contributed by atoms with E-state index in [1.54, 1.807) is 26.4 Å². The van der Waals surface area contributed by atoms with Gasteiger partial charge in [0.25, 0.3) is 5.91 Å². The normalized spacial score (nSPS) is 11.8. The van der Waals surface area contributed by atoms with Gasteiger partial charge in [-0.05, 0) is 25.1 Å². The fraction of sp³-hybridized carbons (Fsp3) is 0.222. The number of nitrogens with zero attached hydrogens (tertiary/aromatic N) is 2. The van der Waals surface area contributed by atoms with Gasteiger partial charge >= 0.3 is 0 Å². The lowest BCUT2D eigenvalue weighted by Crippen LogP contribution is -2.15. The molecule has 1 amide bonds. The van der Waals surface area contributed by atoms with Gasteiger partial charge in [0.05, 0.1) is 24.4 Å². The molecule has 0 atom stereocenters. The van der Waals surface area contributed by atoms with Crippen LogP contribution in [-0.2, 0) is 6.54 Å². The summed E-state index contributed by atoms with van der Waals surface area (Å²) in [5.41, 5.74) is 1.51. The standard InChI is InChI=1S/C18H17BrN2O3S/c1-4-21-13-9-14(23-2)15(24-3)10-16(13)25-18(21)20-17(22)11-6-5-7-12(19)8-11/h5-10H,4H2,1-3H3. The first-order valence-corrected chi connectivity index (χ1v) is 9.28. The van der Waals surface area contributed by atoms with E-state index in [9.17, 15) is 4.79 Å². The van der Waals surface area contributed by atoms with Crippen molar-refractivity contribution in [1.82, 2.24) is 4.57 Å². The number of halogens is 1. The van der Waals surface area contributed by atoms with Crippen molar-refractivity contribution in [3.05, 3.63) is 51.2 Å². The molecule has 0 radical (unpaired) electrons. The second kappa shape index (κ2) is 7.41. The molecule has 0 bridgehead atoms. The topological polar surface area (TPSA) is 52.8 Å². The third-order valence-corrected chi connectivity index (χ3v) is 5.31. The average Bonchev–Trinajstić information content (AvgIpc) is 2.96. The molecule has 2 aromatic carbocycles. The largest absolute Gasteiger partial charge is 0.493 e. The van der Waals surface area contributed by atoms with Crippen molar-refractivity contribution in [3.8, 4) is 11.5 Å². The fourth-order valence-corrected chi connectivity index (χ4v) is 4.06. The summed E-state index contributed by atoms with van der Waals surface area (Å²) in [6.45, 7) is 2.71. The van der Waals surface area contributed by atoms with Crippen LogP contribution in [0.15, 0.2) is 45.9 Å². The number of aromatic nitrogens is 1. The predicted octanol–water partition coefficient (Wildman–Crippen LogP) is 4.24. The van der Waals surface area contributed by atoms with E-state index in [4.69, 9.17) is 9.47 Å². The number of fused-ring (bicyclic) bond motifs is 1. The Morgan fingerprint density at radius 3 is 2.56 bits per heavy atom. The summed E-state index contributed by atoms with van der Waals surface area (Å²) in [6.07, 6.45) is 0. The van der Waals surface area contributed by atoms with Gasteiger partial charge in [-0.25, -0.2) is 0 Å². The molecule has 0 saturated heterocycles. The minimum absolute atomic E-state index is 0.269. The Balaban J connectivity index is 2.17. The van der Waals surface area contributed by atoms with Crippen LogP contribution in [0.5, 0.6) is 11.5 Å². The first-order chi connectivity index (χ1) is 12.1. The Morgan fingerprint density at radius 1 is 1.20 bits per heavy atom. The summed E-state index contributed by atoms with van der Waals surface area (Å²) >= 11 is 4.83. The van der Waals surface area contributed by atoms with Crippen molar-refractivity contribution in [2.45, 2.75) is 13.5 Å². The number of hydrogen-bond donors (Lipinski definition) is 0. The van der Waals surface area contributed by atoms with Gasteiger partial charge in [-0.15, -0.1) is 0 Å². The molecule has 0 saturated carbocycles. The van der Waals surface area contributed by atoms with Gasteiger partial charge in [0.1, 0.15) is 0 Å². The van der Waals surface area contributed by atoms with Crippen LogP contribution in [0.25, 0.3) is 10.2 Å². The maximum atomic E-state index is 12.5. The molecule has 0 spiro atoms. The van der Waals surface area contributed by atoms with Crippen molar-refractivity contribution < 1.29 is 14.3 Å². The molecule has 130 valence electrons. The minimum atomic E-state index is -0.269. The van der Waals surface area contributed by atoms with Crippen molar-refractivity contribution in [3.63, 3.8) is 0 Å². The number of carbonyl (C=O) groups excluding carboxylic acids is 1. The van der Waals surface area contributed by atoms with Gasteiger partial charge in [-0.2, -0.15) is 4.99 Å². The van der Waals surface area contributed by atoms with E-state index in [0.717, 1.165) is 14.7 Å². The van der Waals surface area contributed by atoms with Gasteiger partial charge in [-0.3, -0.25) is 4.79 Å². The molecule has 7 heteroatoms. The molecule has 0 aliphatic carbocycles. The van der Waals surface area contributed by atoms with Crippen LogP contribution in [-0.4, -0.2) is 24.7 Å². The SMILES string of the molecule is CCn1c(=NC(=O)c2cccc(Br)c2)sc2cc(OC)c(OC)cc21. The highest BCUT2D eigenvalue weighted by atomic mass is 79.9. The van der Waals surface area contributed by atoms with E-state index >= 15 is 0 Å². The van der Waals surface area contributed by atoms with Crippen LogP contribution in [0.2, 0.25) is 0 Å². The highest BCUT2D eigenvalue weighted by Gasteiger charge is 2.13. The lowest BCUT2D eigenvalue weighted by molar-refractivity contribution is 0.0998. The van der Waals surface area contributed by atoms with Gasteiger partial charge in [0.2, 0.25) is 0 Å². The zero-order valence-electron chi connectivity index (χ0n) is 14.1. The van der Waals surface area contributed by atoms with E-state index in [1.165, 1.54) is 11.3 Å². The van der Waals surface area contributed by atoms with E-state index in [-0.39, 0.29) is 5.91 Å². The van der Waals surface area contributed by atoms with Gasteiger partial charge < -0.3 is 14.0 Å². The zero-order valence-corrected chi connectivity index (χ0v) is 16.5. The highest BCUT2D eigenvalue weighted by molar-refractivity contribution is 9.10. The molecule has 0 aliphatic rings. The lowest BCUT2D eigenvalue weighted by atomic mass is 10.2. The molecular formula is C18H17BrN2O3S. The number of amides is 1. The van der Waals surface area contributed by atoms with Crippen LogP contribution < -0.4 is 14.3 Å². The number of benzene rings is 2. The number of rotatable bonds is 4. The van der Waals surface area contributed by atoms with Crippen LogP contribution in [0.1, 0.15) is 17.3 Å². The molecule has 25 heavy (non-hydrogen) atoms. The Hall–Kier alpha value is -2.12. The number of thiazole rings is 1. The lowest BCUT2D eigenvalue weighted by Gasteiger charge is -2.08. The molecule has 0 aliphatic heterocycles. The summed E-state index contributed by atoms with van der Waals surface area (Å²) in [5.74, 6) is 1.04. The summed E-state index contributed by atoms with van der Waals surface area (Å²) < 4.78 is 14.6. The second-order valence-electron chi connectivity index (χ2n) is 5.23. The van der Waals surface area contributed by atoms with Crippen LogP contribution in [0.3, 0.4) is 0 Å². The summed E-state index contributed by atoms with van der Waals surface area (Å²) in [5, 5.41) is 0. The Bertz CT molecular complexity index is 1010. The van der Waals surface area contributed by atoms with E-state index < -0.39 is 0 Å². The van der Waals surface area contributed by atoms with Crippen LogP contribution in [0, 0.1) is 0 Å². The van der Waals surface area contributed by atoms with Crippen LogP contribution in [0.4, 0.5) is 0 Å². The van der Waals surface area contributed by atoms with E-state index in [1.807, 2.05) is 35.8 Å². The van der Waals surface area contributed by atoms with E-state index in [2.05, 4.69) is 20.9 Å². The maximum absolute atomic E-state index is 12.5. The number of ether oxygens (including phenoxy) is 2. The third kappa shape index (κ3) is 3.48. The third-order valence-electron chi connectivity index (χ3n) is 3.77. The fourth-order valence-electron chi connectivity index (χ4n) is 2.56. The Kier molecular flexibility index (Phi) is 5.24. The minimum Gasteiger partial charge on any atom is -0.493 e. The molecule has 5 nitrogen and oxygen atoms in total. The van der Waals surface area contributed by atoms with Gasteiger partial charge in [-0.1, -0.05) is 33.3 Å². The maximum Gasteiger partial charge on any atom is 0.279 e. The smallest absolute Gasteiger partial charge is 0.279 e. The van der Waals surface area contributed by atoms with Crippen LogP contribution >= 0.6 is 27.3 Å². The molecule has 0 N–H and O–H groups in total.